The van der Waals surface area contributed by atoms with Gasteiger partial charge in [0.2, 0.25) is 0 Å². The Kier molecular flexibility index (Phi) is 4.20. The van der Waals surface area contributed by atoms with E-state index in [1.165, 1.54) is 0 Å². The number of aromatic nitrogens is 1. The Hall–Kier alpha value is -2.56. The van der Waals surface area contributed by atoms with Crippen molar-refractivity contribution in [1.29, 1.82) is 0 Å². The molecule has 0 fully saturated rings. The summed E-state index contributed by atoms with van der Waals surface area (Å²) in [6, 6.07) is 10.1. The maximum absolute atomic E-state index is 11.8. The van der Waals surface area contributed by atoms with E-state index >= 15 is 0 Å². The largest absolute Gasteiger partial charge is 0.462 e. The summed E-state index contributed by atoms with van der Waals surface area (Å²) in [5.41, 5.74) is 2.81. The van der Waals surface area contributed by atoms with E-state index in [2.05, 4.69) is 10.2 Å². The van der Waals surface area contributed by atoms with Gasteiger partial charge in [0.1, 0.15) is 5.69 Å². The average Bonchev–Trinajstić information content (AvgIpc) is 2.47. The molecule has 0 bridgehead atoms. The minimum Gasteiger partial charge on any atom is -0.462 e. The second-order valence-electron chi connectivity index (χ2n) is 4.24. The number of esters is 1. The molecule has 1 aromatic carbocycles. The van der Waals surface area contributed by atoms with Crippen LogP contribution in [0.4, 0.5) is 5.69 Å². The summed E-state index contributed by atoms with van der Waals surface area (Å²) in [5.74, 6) is -0.385. The number of nitroso groups, excluding NO2 is 1. The number of hydrogen-bond donors (Lipinski definition) is 0. The van der Waals surface area contributed by atoms with E-state index in [1.807, 2.05) is 6.07 Å². The second-order valence-corrected chi connectivity index (χ2v) is 4.24. The number of aryl methyl sites for hydroxylation is 1. The van der Waals surface area contributed by atoms with Gasteiger partial charge in [-0.25, -0.2) is 4.79 Å². The highest BCUT2D eigenvalue weighted by molar-refractivity contribution is 5.90. The first-order chi connectivity index (χ1) is 9.63. The minimum absolute atomic E-state index is 0.320. The van der Waals surface area contributed by atoms with Crippen LogP contribution in [0.2, 0.25) is 0 Å². The fraction of sp³-hybridized carbons (Fsp3) is 0.200. The fourth-order valence-corrected chi connectivity index (χ4v) is 1.87. The molecule has 0 N–H and O–H groups in total. The summed E-state index contributed by atoms with van der Waals surface area (Å²) in [6.07, 6.45) is 0. The second kappa shape index (κ2) is 6.06. The lowest BCUT2D eigenvalue weighted by molar-refractivity contribution is 0.0526. The van der Waals surface area contributed by atoms with Gasteiger partial charge >= 0.3 is 5.97 Å². The quantitative estimate of drug-likeness (QED) is 0.628. The third-order valence-electron chi connectivity index (χ3n) is 2.71. The lowest BCUT2D eigenvalue weighted by Gasteiger charge is -2.07. The molecule has 2 rings (SSSR count). The number of benzene rings is 1. The fourth-order valence-electron chi connectivity index (χ4n) is 1.87. The predicted octanol–water partition coefficient (Wildman–Crippen LogP) is 3.63. The molecule has 102 valence electrons. The Bertz CT molecular complexity index is 653. The molecule has 5 heteroatoms. The van der Waals surface area contributed by atoms with Crippen molar-refractivity contribution in [2.24, 2.45) is 5.18 Å². The third kappa shape index (κ3) is 3.06. The molecule has 20 heavy (non-hydrogen) atoms. The van der Waals surface area contributed by atoms with Crippen LogP contribution in [-0.4, -0.2) is 17.6 Å². The van der Waals surface area contributed by atoms with Gasteiger partial charge in [-0.15, -0.1) is 4.91 Å². The van der Waals surface area contributed by atoms with Gasteiger partial charge in [0, 0.05) is 11.3 Å². The van der Waals surface area contributed by atoms with Gasteiger partial charge in [0.05, 0.1) is 17.9 Å². The number of pyridine rings is 1. The van der Waals surface area contributed by atoms with Crippen molar-refractivity contribution in [2.75, 3.05) is 6.61 Å². The van der Waals surface area contributed by atoms with E-state index in [9.17, 15) is 9.70 Å². The summed E-state index contributed by atoms with van der Waals surface area (Å²) in [4.78, 5) is 26.7. The highest BCUT2D eigenvalue weighted by atomic mass is 16.5. The molecular formula is C15H14N2O3. The normalized spacial score (nSPS) is 10.1. The van der Waals surface area contributed by atoms with E-state index < -0.39 is 0 Å². The van der Waals surface area contributed by atoms with Crippen LogP contribution in [-0.2, 0) is 4.74 Å². The molecule has 1 heterocycles. The number of carbonyl (C=O) groups is 1. The Morgan fingerprint density at radius 3 is 2.80 bits per heavy atom. The van der Waals surface area contributed by atoms with Gasteiger partial charge in [0.25, 0.3) is 0 Å². The lowest BCUT2D eigenvalue weighted by Crippen LogP contribution is -2.06. The summed E-state index contributed by atoms with van der Waals surface area (Å²) in [7, 11) is 0. The first-order valence-corrected chi connectivity index (χ1v) is 6.23. The van der Waals surface area contributed by atoms with Crippen molar-refractivity contribution in [3.8, 4) is 11.3 Å². The van der Waals surface area contributed by atoms with Crippen LogP contribution >= 0.6 is 0 Å². The Labute approximate surface area is 116 Å². The zero-order valence-electron chi connectivity index (χ0n) is 11.3. The van der Waals surface area contributed by atoms with Crippen LogP contribution in [0.15, 0.2) is 41.6 Å². The minimum atomic E-state index is -0.385. The van der Waals surface area contributed by atoms with Gasteiger partial charge in [-0.2, -0.15) is 0 Å². The van der Waals surface area contributed by atoms with Crippen LogP contribution in [0.25, 0.3) is 11.3 Å². The monoisotopic (exact) mass is 270 g/mol. The first kappa shape index (κ1) is 13.9. The van der Waals surface area contributed by atoms with E-state index in [-0.39, 0.29) is 5.97 Å². The Morgan fingerprint density at radius 2 is 2.10 bits per heavy atom. The van der Waals surface area contributed by atoms with Gasteiger partial charge in [0.15, 0.2) is 0 Å². The molecule has 0 spiro atoms. The molecular weight excluding hydrogens is 256 g/mol. The number of ether oxygens (including phenoxy) is 1. The van der Waals surface area contributed by atoms with Crippen LogP contribution in [0.5, 0.6) is 0 Å². The van der Waals surface area contributed by atoms with Gasteiger partial charge in [-0.1, -0.05) is 12.1 Å². The van der Waals surface area contributed by atoms with Gasteiger partial charge < -0.3 is 4.74 Å². The summed E-state index contributed by atoms with van der Waals surface area (Å²) in [5, 5.41) is 2.90. The van der Waals surface area contributed by atoms with Crippen LogP contribution in [0.3, 0.4) is 0 Å². The topological polar surface area (TPSA) is 68.6 Å². The SMILES string of the molecule is CCOC(=O)c1cc(C)nc(-c2cccc(N=O)c2)c1. The number of rotatable bonds is 4. The summed E-state index contributed by atoms with van der Waals surface area (Å²) >= 11 is 0. The van der Waals surface area contributed by atoms with E-state index in [1.54, 1.807) is 44.2 Å². The van der Waals surface area contributed by atoms with Crippen molar-refractivity contribution in [1.82, 2.24) is 4.98 Å². The zero-order chi connectivity index (χ0) is 14.5. The van der Waals surface area contributed by atoms with Crippen LogP contribution in [0, 0.1) is 11.8 Å². The van der Waals surface area contributed by atoms with Crippen molar-refractivity contribution in [2.45, 2.75) is 13.8 Å². The molecule has 1 aromatic heterocycles. The maximum Gasteiger partial charge on any atom is 0.338 e. The highest BCUT2D eigenvalue weighted by Crippen LogP contribution is 2.24. The average molecular weight is 270 g/mol. The lowest BCUT2D eigenvalue weighted by atomic mass is 10.1. The summed E-state index contributed by atoms with van der Waals surface area (Å²) in [6.45, 7) is 3.88. The van der Waals surface area contributed by atoms with Crippen molar-refractivity contribution >= 4 is 11.7 Å². The number of hydrogen-bond acceptors (Lipinski definition) is 5. The Balaban J connectivity index is 2.46. The molecule has 0 saturated heterocycles. The molecule has 5 nitrogen and oxygen atoms in total. The van der Waals surface area contributed by atoms with E-state index in [4.69, 9.17) is 4.74 Å². The molecule has 0 unspecified atom stereocenters. The van der Waals surface area contributed by atoms with Crippen LogP contribution in [0.1, 0.15) is 23.0 Å². The molecule has 0 atom stereocenters. The first-order valence-electron chi connectivity index (χ1n) is 6.23. The van der Waals surface area contributed by atoms with Crippen molar-refractivity contribution in [3.63, 3.8) is 0 Å². The smallest absolute Gasteiger partial charge is 0.338 e. The number of nitrogens with zero attached hydrogens (tertiary/aromatic N) is 2. The third-order valence-corrected chi connectivity index (χ3v) is 2.71. The van der Waals surface area contributed by atoms with E-state index in [0.717, 1.165) is 5.56 Å². The van der Waals surface area contributed by atoms with Crippen molar-refractivity contribution < 1.29 is 9.53 Å². The molecule has 0 radical (unpaired) electrons. The molecule has 0 amide bonds. The highest BCUT2D eigenvalue weighted by Gasteiger charge is 2.11. The van der Waals surface area contributed by atoms with Crippen LogP contribution < -0.4 is 0 Å². The standard InChI is InChI=1S/C15H14N2O3/c1-3-20-15(18)12-7-10(2)16-14(9-12)11-5-4-6-13(8-11)17-19/h4-9H,3H2,1-2H3. The molecule has 0 aliphatic heterocycles. The molecule has 0 aliphatic rings. The molecule has 0 aliphatic carbocycles. The van der Waals surface area contributed by atoms with Gasteiger partial charge in [-0.3, -0.25) is 4.98 Å². The van der Waals surface area contributed by atoms with Crippen molar-refractivity contribution in [3.05, 3.63) is 52.6 Å². The van der Waals surface area contributed by atoms with Gasteiger partial charge in [-0.05, 0) is 43.3 Å². The molecule has 0 saturated carbocycles. The number of carbonyl (C=O) groups excluding carboxylic acids is 1. The van der Waals surface area contributed by atoms with E-state index in [0.29, 0.717) is 29.2 Å². The maximum atomic E-state index is 11.8. The molecule has 2 aromatic rings. The summed E-state index contributed by atoms with van der Waals surface area (Å²) < 4.78 is 4.98. The Morgan fingerprint density at radius 1 is 1.30 bits per heavy atom. The predicted molar refractivity (Wildman–Crippen MR) is 75.8 cm³/mol. The zero-order valence-corrected chi connectivity index (χ0v) is 11.3.